The molecule has 0 saturated heterocycles. The Balaban J connectivity index is 3.86. The zero-order chi connectivity index (χ0) is 13.1. The molecule has 0 fully saturated rings. The second-order valence-electron chi connectivity index (χ2n) is 4.75. The number of hydrogen-bond acceptors (Lipinski definition) is 2. The Labute approximate surface area is 106 Å². The summed E-state index contributed by atoms with van der Waals surface area (Å²) in [5, 5.41) is 8.56. The first-order valence-corrected chi connectivity index (χ1v) is 6.79. The van der Waals surface area contributed by atoms with Gasteiger partial charge in [0.1, 0.15) is 0 Å². The molecule has 0 heterocycles. The third kappa shape index (κ3) is 7.79. The van der Waals surface area contributed by atoms with E-state index in [0.29, 0.717) is 19.4 Å². The zero-order valence-electron chi connectivity index (χ0n) is 11.5. The van der Waals surface area contributed by atoms with Gasteiger partial charge in [0.05, 0.1) is 12.5 Å². The van der Waals surface area contributed by atoms with E-state index >= 15 is 0 Å². The van der Waals surface area contributed by atoms with Gasteiger partial charge in [-0.15, -0.1) is 0 Å². The maximum Gasteiger partial charge on any atom is 0.222 e. The molecule has 0 saturated carbocycles. The number of rotatable bonds is 9. The first-order valence-electron chi connectivity index (χ1n) is 6.79. The van der Waals surface area contributed by atoms with Gasteiger partial charge < -0.3 is 4.90 Å². The number of nitrogens with zero attached hydrogens (tertiary/aromatic N) is 2. The predicted octanol–water partition coefficient (Wildman–Crippen LogP) is 3.50. The normalized spacial score (nSPS) is 10.3. The summed E-state index contributed by atoms with van der Waals surface area (Å²) in [6, 6.07) is 2.30. The third-order valence-electron chi connectivity index (χ3n) is 2.90. The highest BCUT2D eigenvalue weighted by atomic mass is 16.2. The van der Waals surface area contributed by atoms with Crippen molar-refractivity contribution in [1.29, 1.82) is 5.26 Å². The number of nitriles is 1. The van der Waals surface area contributed by atoms with Gasteiger partial charge in [0.25, 0.3) is 0 Å². The van der Waals surface area contributed by atoms with Gasteiger partial charge in [-0.3, -0.25) is 4.79 Å². The quantitative estimate of drug-likeness (QED) is 0.577. The van der Waals surface area contributed by atoms with Crippen molar-refractivity contribution in [1.82, 2.24) is 4.90 Å². The fraction of sp³-hybridized carbons (Fsp3) is 0.857. The van der Waals surface area contributed by atoms with Crippen LogP contribution in [0.4, 0.5) is 0 Å². The molecule has 0 radical (unpaired) electrons. The van der Waals surface area contributed by atoms with Crippen molar-refractivity contribution < 1.29 is 4.79 Å². The lowest BCUT2D eigenvalue weighted by Gasteiger charge is -2.25. The summed E-state index contributed by atoms with van der Waals surface area (Å²) in [5.41, 5.74) is 0. The molecule has 3 heteroatoms. The number of hydrogen-bond donors (Lipinski definition) is 0. The Kier molecular flexibility index (Phi) is 9.52. The van der Waals surface area contributed by atoms with E-state index in [1.54, 1.807) is 0 Å². The van der Waals surface area contributed by atoms with Crippen LogP contribution in [0.5, 0.6) is 0 Å². The fourth-order valence-corrected chi connectivity index (χ4v) is 1.86. The van der Waals surface area contributed by atoms with Crippen LogP contribution in [0.15, 0.2) is 0 Å². The van der Waals surface area contributed by atoms with Crippen molar-refractivity contribution in [2.45, 2.75) is 71.8 Å². The maximum absolute atomic E-state index is 11.9. The maximum atomic E-state index is 11.9. The lowest BCUT2D eigenvalue weighted by atomic mass is 10.1. The summed E-state index contributed by atoms with van der Waals surface area (Å²) in [5.74, 6) is 0.201. The molecule has 0 bridgehead atoms. The summed E-state index contributed by atoms with van der Waals surface area (Å²) in [6.45, 7) is 6.77. The highest BCUT2D eigenvalue weighted by Gasteiger charge is 2.15. The molecule has 0 aliphatic carbocycles. The minimum atomic E-state index is 0.200. The highest BCUT2D eigenvalue weighted by Crippen LogP contribution is 2.09. The Morgan fingerprint density at radius 1 is 1.24 bits per heavy atom. The molecule has 0 atom stereocenters. The Bertz CT molecular complexity index is 243. The minimum Gasteiger partial charge on any atom is -0.339 e. The number of unbranched alkanes of at least 4 members (excludes halogenated alkanes) is 4. The van der Waals surface area contributed by atoms with E-state index in [1.807, 2.05) is 18.7 Å². The second-order valence-corrected chi connectivity index (χ2v) is 4.75. The van der Waals surface area contributed by atoms with Gasteiger partial charge in [-0.05, 0) is 20.3 Å². The van der Waals surface area contributed by atoms with Crippen LogP contribution in [0.25, 0.3) is 0 Å². The molecule has 0 aromatic rings. The van der Waals surface area contributed by atoms with Gasteiger partial charge in [-0.25, -0.2) is 0 Å². The van der Waals surface area contributed by atoms with E-state index in [-0.39, 0.29) is 11.9 Å². The highest BCUT2D eigenvalue weighted by molar-refractivity contribution is 5.76. The average molecular weight is 238 g/mol. The first kappa shape index (κ1) is 16.0. The van der Waals surface area contributed by atoms with Gasteiger partial charge in [0, 0.05) is 19.0 Å². The van der Waals surface area contributed by atoms with Crippen LogP contribution in [-0.2, 0) is 4.79 Å². The van der Waals surface area contributed by atoms with Crippen LogP contribution in [0.1, 0.15) is 65.7 Å². The van der Waals surface area contributed by atoms with Crippen molar-refractivity contribution >= 4 is 5.91 Å². The number of amides is 1. The van der Waals surface area contributed by atoms with Crippen LogP contribution in [0.2, 0.25) is 0 Å². The Hall–Kier alpha value is -1.04. The van der Waals surface area contributed by atoms with E-state index in [0.717, 1.165) is 12.8 Å². The summed E-state index contributed by atoms with van der Waals surface area (Å²) >= 11 is 0. The van der Waals surface area contributed by atoms with Crippen molar-refractivity contribution in [2.24, 2.45) is 0 Å². The third-order valence-corrected chi connectivity index (χ3v) is 2.90. The molecule has 0 aromatic heterocycles. The van der Waals surface area contributed by atoms with Crippen LogP contribution < -0.4 is 0 Å². The van der Waals surface area contributed by atoms with E-state index in [2.05, 4.69) is 13.0 Å². The predicted molar refractivity (Wildman–Crippen MR) is 70.5 cm³/mol. The summed E-state index contributed by atoms with van der Waals surface area (Å²) in [4.78, 5) is 13.8. The molecular weight excluding hydrogens is 212 g/mol. The molecule has 0 N–H and O–H groups in total. The largest absolute Gasteiger partial charge is 0.339 e. The van der Waals surface area contributed by atoms with Gasteiger partial charge in [0.15, 0.2) is 0 Å². The standard InChI is InChI=1S/C14H26N2O/c1-4-5-6-7-8-10-14(17)16(13(2)3)12-9-11-15/h13H,4-10,12H2,1-3H3. The van der Waals surface area contributed by atoms with Crippen molar-refractivity contribution in [2.75, 3.05) is 6.54 Å². The van der Waals surface area contributed by atoms with Crippen LogP contribution >= 0.6 is 0 Å². The van der Waals surface area contributed by atoms with Gasteiger partial charge in [-0.1, -0.05) is 32.6 Å². The molecule has 0 aromatic carbocycles. The zero-order valence-corrected chi connectivity index (χ0v) is 11.5. The second kappa shape index (κ2) is 10.1. The molecule has 17 heavy (non-hydrogen) atoms. The average Bonchev–Trinajstić information content (AvgIpc) is 2.29. The van der Waals surface area contributed by atoms with E-state index in [1.165, 1.54) is 19.3 Å². The van der Waals surface area contributed by atoms with E-state index in [4.69, 9.17) is 5.26 Å². The van der Waals surface area contributed by atoms with Gasteiger partial charge >= 0.3 is 0 Å². The van der Waals surface area contributed by atoms with Crippen LogP contribution in [-0.4, -0.2) is 23.4 Å². The van der Waals surface area contributed by atoms with Crippen LogP contribution in [0, 0.1) is 11.3 Å². The molecule has 0 aliphatic rings. The molecule has 1 amide bonds. The molecule has 0 aliphatic heterocycles. The van der Waals surface area contributed by atoms with Gasteiger partial charge in [-0.2, -0.15) is 5.26 Å². The van der Waals surface area contributed by atoms with Gasteiger partial charge in [0.2, 0.25) is 5.91 Å². The molecule has 98 valence electrons. The Morgan fingerprint density at radius 3 is 2.41 bits per heavy atom. The summed E-state index contributed by atoms with van der Waals surface area (Å²) in [7, 11) is 0. The SMILES string of the molecule is CCCCCCCC(=O)N(CCC#N)C(C)C. The lowest BCUT2D eigenvalue weighted by molar-refractivity contribution is -0.132. The monoisotopic (exact) mass is 238 g/mol. The number of carbonyl (C=O) groups is 1. The molecule has 0 spiro atoms. The summed E-state index contributed by atoms with van der Waals surface area (Å²) in [6.07, 6.45) is 6.90. The van der Waals surface area contributed by atoms with Crippen molar-refractivity contribution in [3.05, 3.63) is 0 Å². The van der Waals surface area contributed by atoms with Crippen molar-refractivity contribution in [3.8, 4) is 6.07 Å². The lowest BCUT2D eigenvalue weighted by Crippen LogP contribution is -2.37. The summed E-state index contributed by atoms with van der Waals surface area (Å²) < 4.78 is 0. The topological polar surface area (TPSA) is 44.1 Å². The van der Waals surface area contributed by atoms with Crippen molar-refractivity contribution in [3.63, 3.8) is 0 Å². The molecule has 3 nitrogen and oxygen atoms in total. The van der Waals surface area contributed by atoms with Crippen LogP contribution in [0.3, 0.4) is 0 Å². The van der Waals surface area contributed by atoms with E-state index in [9.17, 15) is 4.79 Å². The Morgan fingerprint density at radius 2 is 1.88 bits per heavy atom. The minimum absolute atomic E-state index is 0.200. The van der Waals surface area contributed by atoms with E-state index < -0.39 is 0 Å². The molecular formula is C14H26N2O. The first-order chi connectivity index (χ1) is 8.13. The number of carbonyl (C=O) groups excluding carboxylic acids is 1. The molecule has 0 rings (SSSR count). The fourth-order valence-electron chi connectivity index (χ4n) is 1.86. The smallest absolute Gasteiger partial charge is 0.222 e. The molecule has 0 unspecified atom stereocenters.